The predicted octanol–water partition coefficient (Wildman–Crippen LogP) is 0.830. The van der Waals surface area contributed by atoms with Crippen molar-refractivity contribution in [3.63, 3.8) is 0 Å². The zero-order chi connectivity index (χ0) is 7.11. The molecule has 0 spiro atoms. The summed E-state index contributed by atoms with van der Waals surface area (Å²) in [6.45, 7) is 2.24. The van der Waals surface area contributed by atoms with Gasteiger partial charge in [-0.3, -0.25) is 4.79 Å². The van der Waals surface area contributed by atoms with Gasteiger partial charge in [0.05, 0.1) is 12.9 Å². The third-order valence-corrected chi connectivity index (χ3v) is 0.563. The van der Waals surface area contributed by atoms with Gasteiger partial charge >= 0.3 is 5.91 Å². The molecule has 0 saturated heterocycles. The number of hydrogen-bond donors (Lipinski definition) is 0. The second-order valence-electron chi connectivity index (χ2n) is 1.19. The van der Waals surface area contributed by atoms with Gasteiger partial charge in [-0.05, 0) is 6.92 Å². The number of hydrogen-bond acceptors (Lipinski definition) is 3. The third kappa shape index (κ3) is 4.67. The van der Waals surface area contributed by atoms with Crippen LogP contribution in [0.1, 0.15) is 6.92 Å². The van der Waals surface area contributed by atoms with Crippen molar-refractivity contribution < 1.29 is 9.53 Å². The molecular formula is C5H7NO3. The molecule has 0 atom stereocenters. The first-order valence-electron chi connectivity index (χ1n) is 2.46. The summed E-state index contributed by atoms with van der Waals surface area (Å²) in [5, 5.41) is 2.10. The minimum absolute atomic E-state index is 0.475. The highest BCUT2D eigenvalue weighted by Gasteiger charge is 1.88. The monoisotopic (exact) mass is 129 g/mol. The van der Waals surface area contributed by atoms with E-state index in [4.69, 9.17) is 0 Å². The first-order valence-corrected chi connectivity index (χ1v) is 2.46. The molecule has 0 rings (SSSR count). The SMILES string of the molecule is CCOC=CC(=O)N=O. The Labute approximate surface area is 52.5 Å². The Morgan fingerprint density at radius 1 is 1.78 bits per heavy atom. The maximum absolute atomic E-state index is 10.0. The Balaban J connectivity index is 3.44. The molecule has 0 saturated carbocycles. The number of nitrogens with zero attached hydrogens (tertiary/aromatic N) is 1. The molecule has 0 aromatic carbocycles. The van der Waals surface area contributed by atoms with Crippen LogP contribution in [0.25, 0.3) is 0 Å². The molecule has 0 bridgehead atoms. The van der Waals surface area contributed by atoms with Crippen LogP contribution < -0.4 is 0 Å². The van der Waals surface area contributed by atoms with Crippen LogP contribution in [0, 0.1) is 4.91 Å². The Morgan fingerprint density at radius 3 is 2.89 bits per heavy atom. The lowest BCUT2D eigenvalue weighted by molar-refractivity contribution is -0.113. The molecule has 0 aliphatic rings. The van der Waals surface area contributed by atoms with Crippen LogP contribution in [-0.4, -0.2) is 12.5 Å². The first kappa shape index (κ1) is 7.81. The van der Waals surface area contributed by atoms with Crippen LogP contribution in [0.3, 0.4) is 0 Å². The summed E-state index contributed by atoms with van der Waals surface area (Å²) in [5.74, 6) is -0.830. The van der Waals surface area contributed by atoms with Gasteiger partial charge in [0.25, 0.3) is 0 Å². The van der Waals surface area contributed by atoms with Crippen LogP contribution in [0.15, 0.2) is 17.5 Å². The van der Waals surface area contributed by atoms with E-state index in [-0.39, 0.29) is 0 Å². The molecule has 50 valence electrons. The van der Waals surface area contributed by atoms with Crippen molar-refractivity contribution in [1.82, 2.24) is 0 Å². The molecule has 4 nitrogen and oxygen atoms in total. The third-order valence-electron chi connectivity index (χ3n) is 0.563. The van der Waals surface area contributed by atoms with Gasteiger partial charge in [0.1, 0.15) is 0 Å². The van der Waals surface area contributed by atoms with Gasteiger partial charge in [-0.1, -0.05) is 0 Å². The van der Waals surface area contributed by atoms with Gasteiger partial charge < -0.3 is 4.74 Å². The topological polar surface area (TPSA) is 55.7 Å². The highest BCUT2D eigenvalue weighted by molar-refractivity contribution is 5.87. The maximum atomic E-state index is 10.0. The maximum Gasteiger partial charge on any atom is 0.312 e. The molecule has 0 heterocycles. The highest BCUT2D eigenvalue weighted by atomic mass is 16.5. The molecule has 0 aliphatic carbocycles. The normalized spacial score (nSPS) is 9.44. The number of carbonyl (C=O) groups is 1. The number of rotatable bonds is 3. The summed E-state index contributed by atoms with van der Waals surface area (Å²) < 4.78 is 4.61. The second-order valence-corrected chi connectivity index (χ2v) is 1.19. The molecule has 1 amide bonds. The van der Waals surface area contributed by atoms with Crippen molar-refractivity contribution in [1.29, 1.82) is 0 Å². The van der Waals surface area contributed by atoms with Crippen molar-refractivity contribution in [3.8, 4) is 0 Å². The minimum Gasteiger partial charge on any atom is -0.501 e. The van der Waals surface area contributed by atoms with Crippen molar-refractivity contribution in [2.24, 2.45) is 5.18 Å². The fraction of sp³-hybridized carbons (Fsp3) is 0.400. The van der Waals surface area contributed by atoms with E-state index in [1.807, 2.05) is 0 Å². The Hall–Kier alpha value is -1.19. The Bertz CT molecular complexity index is 130. The van der Waals surface area contributed by atoms with E-state index in [0.717, 1.165) is 12.3 Å². The molecule has 0 N–H and O–H groups in total. The van der Waals surface area contributed by atoms with E-state index < -0.39 is 5.91 Å². The van der Waals surface area contributed by atoms with Crippen LogP contribution in [0.2, 0.25) is 0 Å². The fourth-order valence-corrected chi connectivity index (χ4v) is 0.233. The van der Waals surface area contributed by atoms with E-state index in [1.54, 1.807) is 6.92 Å². The molecule has 0 radical (unpaired) electrons. The van der Waals surface area contributed by atoms with Gasteiger partial charge in [-0.2, -0.15) is 0 Å². The number of nitroso groups, excluding NO2 is 1. The summed E-state index contributed by atoms with van der Waals surface area (Å²) >= 11 is 0. The van der Waals surface area contributed by atoms with Gasteiger partial charge in [-0.15, -0.1) is 4.91 Å². The van der Waals surface area contributed by atoms with Crippen LogP contribution >= 0.6 is 0 Å². The molecular weight excluding hydrogens is 122 g/mol. The molecule has 0 unspecified atom stereocenters. The lowest BCUT2D eigenvalue weighted by Gasteiger charge is -1.87. The number of carbonyl (C=O) groups excluding carboxylic acids is 1. The average molecular weight is 129 g/mol. The molecule has 0 aromatic heterocycles. The molecule has 0 aromatic rings. The zero-order valence-corrected chi connectivity index (χ0v) is 5.03. The second kappa shape index (κ2) is 4.96. The fourth-order valence-electron chi connectivity index (χ4n) is 0.233. The molecule has 4 heteroatoms. The van der Waals surface area contributed by atoms with Crippen LogP contribution in [0.4, 0.5) is 0 Å². The smallest absolute Gasteiger partial charge is 0.312 e. The van der Waals surface area contributed by atoms with E-state index in [2.05, 4.69) is 9.91 Å². The van der Waals surface area contributed by atoms with E-state index >= 15 is 0 Å². The van der Waals surface area contributed by atoms with Crippen molar-refractivity contribution in [2.75, 3.05) is 6.61 Å². The lowest BCUT2D eigenvalue weighted by Crippen LogP contribution is -1.84. The number of ether oxygens (including phenoxy) is 1. The van der Waals surface area contributed by atoms with Crippen molar-refractivity contribution in [3.05, 3.63) is 17.2 Å². The first-order chi connectivity index (χ1) is 4.31. The summed E-state index contributed by atoms with van der Waals surface area (Å²) in [4.78, 5) is 19.4. The molecule has 0 fully saturated rings. The minimum atomic E-state index is -0.830. The van der Waals surface area contributed by atoms with Crippen LogP contribution in [-0.2, 0) is 9.53 Å². The summed E-state index contributed by atoms with van der Waals surface area (Å²) in [7, 11) is 0. The zero-order valence-electron chi connectivity index (χ0n) is 5.03. The summed E-state index contributed by atoms with van der Waals surface area (Å²) in [6, 6.07) is 0. The lowest BCUT2D eigenvalue weighted by atomic mass is 10.6. The van der Waals surface area contributed by atoms with E-state index in [9.17, 15) is 9.70 Å². The average Bonchev–Trinajstić information content (AvgIpc) is 1.89. The van der Waals surface area contributed by atoms with Gasteiger partial charge in [0, 0.05) is 11.3 Å². The largest absolute Gasteiger partial charge is 0.501 e. The standard InChI is InChI=1S/C5H7NO3/c1-2-9-4-3-5(7)6-8/h3-4H,2H2,1H3. The van der Waals surface area contributed by atoms with Crippen LogP contribution in [0.5, 0.6) is 0 Å². The quantitative estimate of drug-likeness (QED) is 0.322. The van der Waals surface area contributed by atoms with E-state index in [1.165, 1.54) is 0 Å². The van der Waals surface area contributed by atoms with Gasteiger partial charge in [0.15, 0.2) is 0 Å². The molecule has 9 heavy (non-hydrogen) atoms. The van der Waals surface area contributed by atoms with Gasteiger partial charge in [-0.25, -0.2) is 0 Å². The summed E-state index contributed by atoms with van der Waals surface area (Å²) in [6.07, 6.45) is 2.11. The highest BCUT2D eigenvalue weighted by Crippen LogP contribution is 1.79. The van der Waals surface area contributed by atoms with E-state index in [0.29, 0.717) is 6.61 Å². The van der Waals surface area contributed by atoms with Crippen molar-refractivity contribution in [2.45, 2.75) is 6.92 Å². The van der Waals surface area contributed by atoms with Gasteiger partial charge in [0.2, 0.25) is 0 Å². The van der Waals surface area contributed by atoms with Crippen molar-refractivity contribution >= 4 is 5.91 Å². The predicted molar refractivity (Wildman–Crippen MR) is 31.6 cm³/mol. The summed E-state index contributed by atoms with van der Waals surface area (Å²) in [5.41, 5.74) is 0. The molecule has 0 aliphatic heterocycles. The Kier molecular flexibility index (Phi) is 4.30. The Morgan fingerprint density at radius 2 is 2.44 bits per heavy atom. The number of amides is 1.